The first-order chi connectivity index (χ1) is 16.2. The lowest BCUT2D eigenvalue weighted by molar-refractivity contribution is 0.0839. The summed E-state index contributed by atoms with van der Waals surface area (Å²) in [5, 5.41) is 18.3. The topological polar surface area (TPSA) is 149 Å². The average Bonchev–Trinajstić information content (AvgIpc) is 3.25. The first-order valence-corrected chi connectivity index (χ1v) is 12.8. The Morgan fingerprint density at radius 2 is 2.15 bits per heavy atom. The molecule has 0 bridgehead atoms. The average molecular weight is 552 g/mol. The second kappa shape index (κ2) is 11.7. The zero-order valence-electron chi connectivity index (χ0n) is 18.5. The van der Waals surface area contributed by atoms with Crippen LogP contribution in [0.15, 0.2) is 59.7 Å². The Morgan fingerprint density at radius 3 is 2.85 bits per heavy atom. The zero-order chi connectivity index (χ0) is 24.7. The third kappa shape index (κ3) is 7.43. The predicted molar refractivity (Wildman–Crippen MR) is 130 cm³/mol. The molecular weight excluding hydrogens is 526 g/mol. The van der Waals surface area contributed by atoms with E-state index in [1.165, 1.54) is 12.5 Å². The van der Waals surface area contributed by atoms with Crippen molar-refractivity contribution >= 4 is 37.8 Å². The first kappa shape index (κ1) is 26.0. The number of hydrogen-bond acceptors (Lipinski definition) is 8. The Kier molecular flexibility index (Phi) is 8.91. The maximum absolute atomic E-state index is 13.1. The molecule has 0 aliphatic carbocycles. The molecule has 0 aliphatic heterocycles. The van der Waals surface area contributed by atoms with Gasteiger partial charge in [-0.1, -0.05) is 35.0 Å². The maximum atomic E-state index is 13.1. The van der Waals surface area contributed by atoms with Crippen LogP contribution in [-0.2, 0) is 21.0 Å². The van der Waals surface area contributed by atoms with Crippen LogP contribution in [0, 0.1) is 5.92 Å². The van der Waals surface area contributed by atoms with E-state index in [-0.39, 0.29) is 30.3 Å². The van der Waals surface area contributed by atoms with Crippen LogP contribution in [0.5, 0.6) is 0 Å². The van der Waals surface area contributed by atoms with Gasteiger partial charge in [-0.25, -0.2) is 15.1 Å². The minimum Gasteiger partial charge on any atom is -0.391 e. The molecule has 3 aromatic rings. The Balaban J connectivity index is 1.67. The van der Waals surface area contributed by atoms with Gasteiger partial charge in [-0.05, 0) is 30.2 Å². The molecule has 0 fully saturated rings. The molecule has 3 rings (SSSR count). The minimum atomic E-state index is -4.10. The van der Waals surface area contributed by atoms with Crippen LogP contribution < -0.4 is 10.5 Å². The highest BCUT2D eigenvalue weighted by Crippen LogP contribution is 2.19. The summed E-state index contributed by atoms with van der Waals surface area (Å²) in [6.07, 6.45) is 5.79. The fourth-order valence-electron chi connectivity index (χ4n) is 3.36. The number of carbonyl (C=O) groups is 1. The molecule has 0 saturated heterocycles. The number of aromatic nitrogens is 3. The molecule has 182 valence electrons. The number of nitrogens with zero attached hydrogens (tertiary/aromatic N) is 3. The van der Waals surface area contributed by atoms with E-state index in [4.69, 9.17) is 5.14 Å². The molecule has 2 heterocycles. The van der Waals surface area contributed by atoms with Gasteiger partial charge in [0.2, 0.25) is 0 Å². The van der Waals surface area contributed by atoms with Gasteiger partial charge in [-0.2, -0.15) is 8.42 Å². The van der Waals surface area contributed by atoms with Gasteiger partial charge in [-0.3, -0.25) is 8.98 Å². The number of halogens is 1. The molecule has 0 unspecified atom stereocenters. The van der Waals surface area contributed by atoms with E-state index in [1.54, 1.807) is 19.2 Å². The summed E-state index contributed by atoms with van der Waals surface area (Å²) >= 11 is 3.46. The van der Waals surface area contributed by atoms with Crippen LogP contribution in [0.4, 0.5) is 5.82 Å². The number of benzene rings is 1. The second-order valence-electron chi connectivity index (χ2n) is 7.71. The third-order valence-electron chi connectivity index (χ3n) is 5.22. The fourth-order valence-corrected chi connectivity index (χ4v) is 4.17. The molecule has 0 saturated carbocycles. The summed E-state index contributed by atoms with van der Waals surface area (Å²) < 4.78 is 29.5. The number of nitrogens with two attached hydrogens (primary N) is 1. The number of carbonyl (C=O) groups excluding carboxylic acids is 1. The van der Waals surface area contributed by atoms with E-state index >= 15 is 0 Å². The number of aliphatic hydroxyl groups excluding tert-OH is 1. The first-order valence-electron chi connectivity index (χ1n) is 10.5. The van der Waals surface area contributed by atoms with Crippen molar-refractivity contribution in [3.05, 3.63) is 76.4 Å². The largest absolute Gasteiger partial charge is 0.391 e. The summed E-state index contributed by atoms with van der Waals surface area (Å²) in [4.78, 5) is 21.2. The monoisotopic (exact) mass is 551 g/mol. The van der Waals surface area contributed by atoms with Gasteiger partial charge in [0.15, 0.2) is 5.78 Å². The summed E-state index contributed by atoms with van der Waals surface area (Å²) in [6.45, 7) is 2.17. The summed E-state index contributed by atoms with van der Waals surface area (Å²) in [5.74, 6) is -0.491. The van der Waals surface area contributed by atoms with Crippen LogP contribution in [0.25, 0.3) is 0 Å². The summed E-state index contributed by atoms with van der Waals surface area (Å²) in [7, 11) is -4.10. The molecule has 2 aromatic heterocycles. The molecule has 0 radical (unpaired) electrons. The van der Waals surface area contributed by atoms with Crippen molar-refractivity contribution in [2.45, 2.75) is 26.0 Å². The number of hydrogen-bond donors (Lipinski definition) is 3. The van der Waals surface area contributed by atoms with Crippen molar-refractivity contribution < 1.29 is 22.5 Å². The third-order valence-corrected chi connectivity index (χ3v) is 6.18. The molecule has 4 N–H and O–H groups in total. The Bertz CT molecular complexity index is 1230. The zero-order valence-corrected chi connectivity index (χ0v) is 20.9. The lowest BCUT2D eigenvalue weighted by atomic mass is 10.0. The number of nitrogens with one attached hydrogen (secondary N) is 1. The van der Waals surface area contributed by atoms with Crippen molar-refractivity contribution in [3.63, 3.8) is 0 Å². The van der Waals surface area contributed by atoms with Crippen LogP contribution in [-0.4, -0.2) is 53.1 Å². The lowest BCUT2D eigenvalue weighted by Gasteiger charge is -2.21. The molecule has 12 heteroatoms. The van der Waals surface area contributed by atoms with Crippen molar-refractivity contribution in [1.82, 2.24) is 14.5 Å². The molecule has 0 amide bonds. The van der Waals surface area contributed by atoms with Gasteiger partial charge >= 0.3 is 10.3 Å². The van der Waals surface area contributed by atoms with Crippen LogP contribution in [0.2, 0.25) is 0 Å². The standard InChI is InChI=1S/C22H26BrN5O5S/c1-2-16(13-33-34(24,31)32)20(29)10-26-22-19(9-25-14-27-22)21(30)17-6-7-28(12-17)11-15-4-3-5-18(23)8-15/h3-9,12,14,16,20,29H,2,10-11,13H2,1H3,(H2,24,31,32)(H,25,26,27)/t16-,20-/m0/s1. The molecular formula is C22H26BrN5O5S. The molecule has 0 spiro atoms. The SMILES string of the molecule is CC[C@@H](COS(N)(=O)=O)[C@@H](O)CNc1ncncc1C(=O)c1ccn(Cc2cccc(Br)c2)c1. The highest BCUT2D eigenvalue weighted by Gasteiger charge is 2.22. The van der Waals surface area contributed by atoms with Crippen LogP contribution >= 0.6 is 15.9 Å². The van der Waals surface area contributed by atoms with E-state index < -0.39 is 22.3 Å². The molecule has 34 heavy (non-hydrogen) atoms. The van der Waals surface area contributed by atoms with E-state index in [9.17, 15) is 18.3 Å². The number of aliphatic hydroxyl groups is 1. The number of ketones is 1. The minimum absolute atomic E-state index is 0.0215. The normalized spacial score (nSPS) is 13.4. The Morgan fingerprint density at radius 1 is 1.35 bits per heavy atom. The van der Waals surface area contributed by atoms with E-state index in [1.807, 2.05) is 35.0 Å². The van der Waals surface area contributed by atoms with Gasteiger partial charge in [0, 0.05) is 47.6 Å². The Labute approximate surface area is 206 Å². The van der Waals surface area contributed by atoms with Crippen molar-refractivity contribution in [1.29, 1.82) is 0 Å². The summed E-state index contributed by atoms with van der Waals surface area (Å²) in [6, 6.07) is 9.64. The predicted octanol–water partition coefficient (Wildman–Crippen LogP) is 2.34. The number of anilines is 1. The van der Waals surface area contributed by atoms with Gasteiger partial charge in [0.05, 0.1) is 18.3 Å². The lowest BCUT2D eigenvalue weighted by Crippen LogP contribution is -2.33. The quantitative estimate of drug-likeness (QED) is 0.290. The smallest absolute Gasteiger partial charge is 0.333 e. The van der Waals surface area contributed by atoms with Crippen LogP contribution in [0.1, 0.15) is 34.8 Å². The summed E-state index contributed by atoms with van der Waals surface area (Å²) in [5.41, 5.74) is 1.81. The van der Waals surface area contributed by atoms with Crippen molar-refractivity contribution in [3.8, 4) is 0 Å². The van der Waals surface area contributed by atoms with E-state index in [0.717, 1.165) is 10.0 Å². The van der Waals surface area contributed by atoms with E-state index in [2.05, 4.69) is 35.4 Å². The number of rotatable bonds is 12. The molecule has 10 nitrogen and oxygen atoms in total. The maximum Gasteiger partial charge on any atom is 0.333 e. The van der Waals surface area contributed by atoms with Crippen molar-refractivity contribution in [2.24, 2.45) is 11.1 Å². The van der Waals surface area contributed by atoms with Crippen LogP contribution in [0.3, 0.4) is 0 Å². The molecule has 1 aromatic carbocycles. The Hall–Kier alpha value is -2.64. The van der Waals surface area contributed by atoms with E-state index in [0.29, 0.717) is 18.5 Å². The van der Waals surface area contributed by atoms with Gasteiger partial charge in [0.1, 0.15) is 12.1 Å². The highest BCUT2D eigenvalue weighted by molar-refractivity contribution is 9.10. The van der Waals surface area contributed by atoms with Gasteiger partial charge < -0.3 is 15.0 Å². The van der Waals surface area contributed by atoms with Gasteiger partial charge in [0.25, 0.3) is 0 Å². The molecule has 2 atom stereocenters. The second-order valence-corrected chi connectivity index (χ2v) is 9.85. The molecule has 0 aliphatic rings. The highest BCUT2D eigenvalue weighted by atomic mass is 79.9. The van der Waals surface area contributed by atoms with Gasteiger partial charge in [-0.15, -0.1) is 0 Å². The fraction of sp³-hybridized carbons (Fsp3) is 0.318. The van der Waals surface area contributed by atoms with Crippen molar-refractivity contribution in [2.75, 3.05) is 18.5 Å².